The number of anilines is 1. The molecule has 27 heavy (non-hydrogen) atoms. The van der Waals surface area contributed by atoms with Crippen molar-refractivity contribution in [1.29, 1.82) is 0 Å². The molecule has 1 aliphatic heterocycles. The molecule has 2 amide bonds. The zero-order valence-electron chi connectivity index (χ0n) is 14.8. The molecular weight excluding hydrogens is 386 g/mol. The van der Waals surface area contributed by atoms with Gasteiger partial charge in [-0.2, -0.15) is 0 Å². The third-order valence-electron chi connectivity index (χ3n) is 4.07. The third kappa shape index (κ3) is 4.78. The molecule has 2 N–H and O–H groups in total. The summed E-state index contributed by atoms with van der Waals surface area (Å²) in [5.41, 5.74) is 1.52. The lowest BCUT2D eigenvalue weighted by molar-refractivity contribution is 0.136. The summed E-state index contributed by atoms with van der Waals surface area (Å²) < 4.78 is 5.28. The minimum absolute atomic E-state index is 0.293. The first-order valence-electron chi connectivity index (χ1n) is 8.44. The highest BCUT2D eigenvalue weighted by atomic mass is 35.5. The van der Waals surface area contributed by atoms with E-state index in [0.29, 0.717) is 41.2 Å². The normalized spacial score (nSPS) is 13.4. The average molecular weight is 406 g/mol. The van der Waals surface area contributed by atoms with Crippen molar-refractivity contribution in [3.63, 3.8) is 0 Å². The SMILES string of the molecule is COc1ccc(Cl)cc1NC(=O)N1CCCN1C(=S)NCc1cccnc1. The number of benzene rings is 1. The van der Waals surface area contributed by atoms with Crippen molar-refractivity contribution in [3.05, 3.63) is 53.3 Å². The fourth-order valence-corrected chi connectivity index (χ4v) is 3.20. The van der Waals surface area contributed by atoms with Crippen LogP contribution in [-0.2, 0) is 6.54 Å². The number of nitrogens with one attached hydrogen (secondary N) is 2. The van der Waals surface area contributed by atoms with E-state index in [0.717, 1.165) is 12.0 Å². The molecule has 0 bridgehead atoms. The van der Waals surface area contributed by atoms with Crippen molar-refractivity contribution in [2.75, 3.05) is 25.5 Å². The second-order valence-electron chi connectivity index (χ2n) is 5.89. The zero-order chi connectivity index (χ0) is 19.2. The topological polar surface area (TPSA) is 69.7 Å². The van der Waals surface area contributed by atoms with E-state index in [-0.39, 0.29) is 6.03 Å². The minimum atomic E-state index is -0.293. The summed E-state index contributed by atoms with van der Waals surface area (Å²) in [6, 6.07) is 8.60. The molecule has 0 spiro atoms. The van der Waals surface area contributed by atoms with Crippen LogP contribution in [0.3, 0.4) is 0 Å². The minimum Gasteiger partial charge on any atom is -0.495 e. The summed E-state index contributed by atoms with van der Waals surface area (Å²) in [5, 5.41) is 10.4. The highest BCUT2D eigenvalue weighted by Gasteiger charge is 2.29. The van der Waals surface area contributed by atoms with Crippen LogP contribution in [0.5, 0.6) is 5.75 Å². The highest BCUT2D eigenvalue weighted by Crippen LogP contribution is 2.28. The number of ether oxygens (including phenoxy) is 1. The number of hydrogen-bond acceptors (Lipinski definition) is 4. The van der Waals surface area contributed by atoms with Gasteiger partial charge in [-0.15, -0.1) is 0 Å². The quantitative estimate of drug-likeness (QED) is 0.761. The Balaban J connectivity index is 1.64. The van der Waals surface area contributed by atoms with Crippen LogP contribution >= 0.6 is 23.8 Å². The molecule has 0 atom stereocenters. The van der Waals surface area contributed by atoms with Crippen LogP contribution in [0, 0.1) is 0 Å². The molecule has 0 unspecified atom stereocenters. The maximum Gasteiger partial charge on any atom is 0.340 e. The number of methoxy groups -OCH3 is 1. The summed E-state index contributed by atoms with van der Waals surface area (Å²) in [6.07, 6.45) is 4.32. The molecule has 1 saturated heterocycles. The van der Waals surface area contributed by atoms with Crippen LogP contribution < -0.4 is 15.4 Å². The van der Waals surface area contributed by atoms with Gasteiger partial charge in [-0.05, 0) is 48.5 Å². The van der Waals surface area contributed by atoms with Crippen molar-refractivity contribution in [2.45, 2.75) is 13.0 Å². The van der Waals surface area contributed by atoms with Crippen molar-refractivity contribution in [1.82, 2.24) is 20.3 Å². The lowest BCUT2D eigenvalue weighted by Crippen LogP contribution is -2.50. The van der Waals surface area contributed by atoms with E-state index in [4.69, 9.17) is 28.6 Å². The molecule has 0 radical (unpaired) electrons. The number of rotatable bonds is 4. The summed E-state index contributed by atoms with van der Waals surface area (Å²) >= 11 is 11.5. The van der Waals surface area contributed by atoms with E-state index in [2.05, 4.69) is 15.6 Å². The standard InChI is InChI=1S/C18H20ClN5O2S/c1-26-16-6-5-14(19)10-15(16)22-17(25)23-8-3-9-24(23)18(27)21-12-13-4-2-7-20-11-13/h2,4-7,10-11H,3,8-9,12H2,1H3,(H,21,27)(H,22,25). The Hall–Kier alpha value is -2.58. The Bertz CT molecular complexity index is 821. The molecule has 0 saturated carbocycles. The first-order chi connectivity index (χ1) is 13.1. The van der Waals surface area contributed by atoms with Crippen LogP contribution in [0.1, 0.15) is 12.0 Å². The number of pyridine rings is 1. The van der Waals surface area contributed by atoms with E-state index in [1.807, 2.05) is 12.1 Å². The number of carbonyl (C=O) groups excluding carboxylic acids is 1. The second kappa shape index (κ2) is 8.88. The molecule has 7 nitrogen and oxygen atoms in total. The molecule has 1 aliphatic rings. The first kappa shape index (κ1) is 19.2. The van der Waals surface area contributed by atoms with Gasteiger partial charge in [0.05, 0.1) is 12.8 Å². The number of hydrogen-bond donors (Lipinski definition) is 2. The van der Waals surface area contributed by atoms with E-state index in [1.54, 1.807) is 47.7 Å². The zero-order valence-corrected chi connectivity index (χ0v) is 16.4. The van der Waals surface area contributed by atoms with Gasteiger partial charge in [0.2, 0.25) is 0 Å². The smallest absolute Gasteiger partial charge is 0.340 e. The van der Waals surface area contributed by atoms with E-state index < -0.39 is 0 Å². The van der Waals surface area contributed by atoms with Gasteiger partial charge >= 0.3 is 6.03 Å². The number of thiocarbonyl (C=S) groups is 1. The number of aromatic nitrogens is 1. The number of amides is 2. The van der Waals surface area contributed by atoms with Gasteiger partial charge in [-0.3, -0.25) is 9.99 Å². The number of nitrogens with zero attached hydrogens (tertiary/aromatic N) is 3. The number of carbonyl (C=O) groups is 1. The summed E-state index contributed by atoms with van der Waals surface area (Å²) in [7, 11) is 1.54. The lowest BCUT2D eigenvalue weighted by atomic mass is 10.3. The van der Waals surface area contributed by atoms with Gasteiger partial charge in [-0.1, -0.05) is 17.7 Å². The van der Waals surface area contributed by atoms with Crippen molar-refractivity contribution >= 4 is 40.6 Å². The third-order valence-corrected chi connectivity index (χ3v) is 4.66. The van der Waals surface area contributed by atoms with Gasteiger partial charge in [0, 0.05) is 37.1 Å². The number of hydrazine groups is 1. The molecule has 9 heteroatoms. The monoisotopic (exact) mass is 405 g/mol. The fraction of sp³-hybridized carbons (Fsp3) is 0.278. The largest absolute Gasteiger partial charge is 0.495 e. The van der Waals surface area contributed by atoms with Crippen LogP contribution in [0.15, 0.2) is 42.7 Å². The first-order valence-corrected chi connectivity index (χ1v) is 9.23. The van der Waals surface area contributed by atoms with Gasteiger partial charge in [-0.25, -0.2) is 9.80 Å². The Kier molecular flexibility index (Phi) is 6.31. The maximum atomic E-state index is 12.8. The molecule has 2 heterocycles. The molecular formula is C18H20ClN5O2S. The van der Waals surface area contributed by atoms with Crippen molar-refractivity contribution in [3.8, 4) is 5.75 Å². The fourth-order valence-electron chi connectivity index (χ4n) is 2.76. The summed E-state index contributed by atoms with van der Waals surface area (Å²) in [5.74, 6) is 0.538. The summed E-state index contributed by atoms with van der Waals surface area (Å²) in [6.45, 7) is 1.78. The molecule has 142 valence electrons. The molecule has 2 aromatic rings. The molecule has 1 aromatic heterocycles. The predicted octanol–water partition coefficient (Wildman–Crippen LogP) is 3.27. The van der Waals surface area contributed by atoms with Crippen molar-refractivity contribution in [2.24, 2.45) is 0 Å². The van der Waals surface area contributed by atoms with E-state index in [1.165, 1.54) is 0 Å². The van der Waals surface area contributed by atoms with E-state index in [9.17, 15) is 4.79 Å². The average Bonchev–Trinajstić information content (AvgIpc) is 3.17. The maximum absolute atomic E-state index is 12.8. The van der Waals surface area contributed by atoms with Crippen LogP contribution in [0.4, 0.5) is 10.5 Å². The van der Waals surface area contributed by atoms with Crippen molar-refractivity contribution < 1.29 is 9.53 Å². The number of halogens is 1. The molecule has 1 fully saturated rings. The predicted molar refractivity (Wildman–Crippen MR) is 109 cm³/mol. The van der Waals surface area contributed by atoms with E-state index >= 15 is 0 Å². The van der Waals surface area contributed by atoms with Crippen LogP contribution in [-0.4, -0.2) is 46.3 Å². The van der Waals surface area contributed by atoms with Crippen LogP contribution in [0.2, 0.25) is 5.02 Å². The molecule has 0 aliphatic carbocycles. The Labute approximate surface area is 168 Å². The van der Waals surface area contributed by atoms with Gasteiger partial charge < -0.3 is 15.4 Å². The van der Waals surface area contributed by atoms with Gasteiger partial charge in [0.15, 0.2) is 5.11 Å². The van der Waals surface area contributed by atoms with Gasteiger partial charge in [0.25, 0.3) is 0 Å². The molecule has 1 aromatic carbocycles. The highest BCUT2D eigenvalue weighted by molar-refractivity contribution is 7.80. The Morgan fingerprint density at radius 1 is 1.33 bits per heavy atom. The van der Waals surface area contributed by atoms with Gasteiger partial charge in [0.1, 0.15) is 5.75 Å². The number of urea groups is 1. The second-order valence-corrected chi connectivity index (χ2v) is 6.72. The lowest BCUT2D eigenvalue weighted by Gasteiger charge is -2.30. The molecule has 3 rings (SSSR count). The Morgan fingerprint density at radius 2 is 2.15 bits per heavy atom. The van der Waals surface area contributed by atoms with Crippen LogP contribution in [0.25, 0.3) is 0 Å². The Morgan fingerprint density at radius 3 is 2.89 bits per heavy atom. The summed E-state index contributed by atoms with van der Waals surface area (Å²) in [4.78, 5) is 16.8.